The number of sulfonamides is 1. The lowest BCUT2D eigenvalue weighted by atomic mass is 10.0. The number of nitrogens with one attached hydrogen (secondary N) is 1. The Morgan fingerprint density at radius 3 is 2.54 bits per heavy atom. The highest BCUT2D eigenvalue weighted by molar-refractivity contribution is 7.89. The second-order valence-corrected chi connectivity index (χ2v) is 8.87. The Labute approximate surface area is 163 Å². The number of carbonyl (C=O) groups is 1. The van der Waals surface area contributed by atoms with Gasteiger partial charge in [-0.1, -0.05) is 12.1 Å². The number of carbonyl (C=O) groups excluding carboxylic acids is 1. The summed E-state index contributed by atoms with van der Waals surface area (Å²) < 4.78 is 28.4. The summed E-state index contributed by atoms with van der Waals surface area (Å²) in [7, 11) is -3.73. The molecule has 28 heavy (non-hydrogen) atoms. The fourth-order valence-electron chi connectivity index (χ4n) is 3.78. The average molecular weight is 398 g/mol. The lowest BCUT2D eigenvalue weighted by Gasteiger charge is -2.14. The van der Waals surface area contributed by atoms with Crippen molar-refractivity contribution in [3.8, 4) is 0 Å². The minimum Gasteiger partial charge on any atom is -0.464 e. The van der Waals surface area contributed by atoms with E-state index in [1.54, 1.807) is 18.4 Å². The van der Waals surface area contributed by atoms with Crippen LogP contribution in [0.15, 0.2) is 52.0 Å². The molecule has 3 aromatic rings. The zero-order chi connectivity index (χ0) is 19.9. The molecule has 7 heteroatoms. The first-order valence-electron chi connectivity index (χ1n) is 9.25. The molecule has 0 saturated heterocycles. The lowest BCUT2D eigenvalue weighted by molar-refractivity contribution is -0.121. The van der Waals surface area contributed by atoms with Gasteiger partial charge >= 0.3 is 0 Å². The highest BCUT2D eigenvalue weighted by Gasteiger charge is 2.18. The number of hydrogen-bond donors (Lipinski definition) is 2. The molecule has 0 aliphatic heterocycles. The number of furan rings is 1. The van der Waals surface area contributed by atoms with Crippen LogP contribution in [0.2, 0.25) is 0 Å². The van der Waals surface area contributed by atoms with Crippen LogP contribution >= 0.6 is 0 Å². The van der Waals surface area contributed by atoms with Gasteiger partial charge in [0.15, 0.2) is 0 Å². The SMILES string of the molecule is CC(NC(=O)Cc1coc2cc3c(cc12)CCC3)c1ccc(S(N)(=O)=O)cc1. The fraction of sp³-hybridized carbons (Fsp3) is 0.286. The Kier molecular flexibility index (Phi) is 4.72. The van der Waals surface area contributed by atoms with Gasteiger partial charge in [-0.15, -0.1) is 0 Å². The molecule has 0 saturated carbocycles. The van der Waals surface area contributed by atoms with Gasteiger partial charge in [-0.2, -0.15) is 0 Å². The third-order valence-corrected chi connectivity index (χ3v) is 6.23. The lowest BCUT2D eigenvalue weighted by Crippen LogP contribution is -2.28. The van der Waals surface area contributed by atoms with Crippen LogP contribution in [0, 0.1) is 0 Å². The van der Waals surface area contributed by atoms with Crippen LogP contribution in [0.25, 0.3) is 11.0 Å². The van der Waals surface area contributed by atoms with Crippen molar-refractivity contribution in [2.75, 3.05) is 0 Å². The van der Waals surface area contributed by atoms with Crippen molar-refractivity contribution in [3.63, 3.8) is 0 Å². The third kappa shape index (κ3) is 3.68. The van der Waals surface area contributed by atoms with Crippen molar-refractivity contribution in [3.05, 3.63) is 64.9 Å². The van der Waals surface area contributed by atoms with Crippen LogP contribution in [0.3, 0.4) is 0 Å². The molecular formula is C21H22N2O4S. The molecule has 1 unspecified atom stereocenters. The molecule has 0 bridgehead atoms. The molecule has 2 aromatic carbocycles. The molecule has 0 fully saturated rings. The first kappa shape index (κ1) is 18.7. The van der Waals surface area contributed by atoms with E-state index < -0.39 is 10.0 Å². The Bertz CT molecular complexity index is 1150. The van der Waals surface area contributed by atoms with Crippen molar-refractivity contribution in [2.24, 2.45) is 5.14 Å². The number of rotatable bonds is 5. The van der Waals surface area contributed by atoms with E-state index in [2.05, 4.69) is 17.4 Å². The summed E-state index contributed by atoms with van der Waals surface area (Å²) >= 11 is 0. The first-order valence-corrected chi connectivity index (χ1v) is 10.8. The molecule has 1 atom stereocenters. The number of aryl methyl sites for hydroxylation is 2. The van der Waals surface area contributed by atoms with Crippen LogP contribution < -0.4 is 10.5 Å². The van der Waals surface area contributed by atoms with Crippen molar-refractivity contribution in [1.82, 2.24) is 5.32 Å². The fourth-order valence-corrected chi connectivity index (χ4v) is 4.30. The summed E-state index contributed by atoms with van der Waals surface area (Å²) in [5.41, 5.74) is 5.19. The highest BCUT2D eigenvalue weighted by atomic mass is 32.2. The highest BCUT2D eigenvalue weighted by Crippen LogP contribution is 2.30. The molecule has 1 aromatic heterocycles. The van der Waals surface area contributed by atoms with Crippen LogP contribution in [0.1, 0.15) is 41.6 Å². The Morgan fingerprint density at radius 1 is 1.18 bits per heavy atom. The normalized spacial score (nSPS) is 14.8. The Balaban J connectivity index is 1.46. The molecule has 4 rings (SSSR count). The van der Waals surface area contributed by atoms with Gasteiger partial charge in [-0.3, -0.25) is 4.79 Å². The smallest absolute Gasteiger partial charge is 0.238 e. The molecule has 3 N–H and O–H groups in total. The summed E-state index contributed by atoms with van der Waals surface area (Å²) in [6.07, 6.45) is 5.22. The maximum atomic E-state index is 12.5. The molecule has 0 radical (unpaired) electrons. The monoisotopic (exact) mass is 398 g/mol. The van der Waals surface area contributed by atoms with E-state index in [4.69, 9.17) is 9.56 Å². The molecule has 0 spiro atoms. The van der Waals surface area contributed by atoms with E-state index in [0.717, 1.165) is 34.9 Å². The van der Waals surface area contributed by atoms with Crippen molar-refractivity contribution < 1.29 is 17.6 Å². The maximum Gasteiger partial charge on any atom is 0.238 e. The summed E-state index contributed by atoms with van der Waals surface area (Å²) in [5.74, 6) is -0.119. The number of benzene rings is 2. The summed E-state index contributed by atoms with van der Waals surface area (Å²) in [5, 5.41) is 9.06. The number of amides is 1. The van der Waals surface area contributed by atoms with Gasteiger partial charge in [0.05, 0.1) is 23.6 Å². The zero-order valence-corrected chi connectivity index (χ0v) is 16.4. The van der Waals surface area contributed by atoms with Crippen molar-refractivity contribution in [1.29, 1.82) is 0 Å². The van der Waals surface area contributed by atoms with Crippen molar-refractivity contribution >= 4 is 26.9 Å². The quantitative estimate of drug-likeness (QED) is 0.690. The van der Waals surface area contributed by atoms with E-state index in [9.17, 15) is 13.2 Å². The second kappa shape index (κ2) is 7.07. The van der Waals surface area contributed by atoms with Crippen LogP contribution in [0.4, 0.5) is 0 Å². The molecule has 1 amide bonds. The van der Waals surface area contributed by atoms with E-state index in [1.807, 2.05) is 6.92 Å². The van der Waals surface area contributed by atoms with E-state index in [-0.39, 0.29) is 23.3 Å². The van der Waals surface area contributed by atoms with E-state index >= 15 is 0 Å². The van der Waals surface area contributed by atoms with Crippen LogP contribution in [-0.2, 0) is 34.1 Å². The zero-order valence-electron chi connectivity index (χ0n) is 15.6. The Hall–Kier alpha value is -2.64. The summed E-state index contributed by atoms with van der Waals surface area (Å²) in [6, 6.07) is 10.2. The minimum atomic E-state index is -3.73. The molecular weight excluding hydrogens is 376 g/mol. The predicted octanol–water partition coefficient (Wildman–Crippen LogP) is 2.99. The number of fused-ring (bicyclic) bond motifs is 2. The second-order valence-electron chi connectivity index (χ2n) is 7.31. The molecule has 146 valence electrons. The molecule has 1 aliphatic carbocycles. The minimum absolute atomic E-state index is 0.0483. The molecule has 1 heterocycles. The van der Waals surface area contributed by atoms with Crippen LogP contribution in [0.5, 0.6) is 0 Å². The number of primary sulfonamides is 1. The van der Waals surface area contributed by atoms with Crippen molar-refractivity contribution in [2.45, 2.75) is 43.5 Å². The third-order valence-electron chi connectivity index (χ3n) is 5.31. The number of hydrogen-bond acceptors (Lipinski definition) is 4. The van der Waals surface area contributed by atoms with Gasteiger partial charge in [0.1, 0.15) is 5.58 Å². The van der Waals surface area contributed by atoms with Gasteiger partial charge in [0.2, 0.25) is 15.9 Å². The van der Waals surface area contributed by atoms with Crippen LogP contribution in [-0.4, -0.2) is 14.3 Å². The predicted molar refractivity (Wildman–Crippen MR) is 106 cm³/mol. The summed E-state index contributed by atoms with van der Waals surface area (Å²) in [4.78, 5) is 12.6. The molecule has 1 aliphatic rings. The van der Waals surface area contributed by atoms with E-state index in [0.29, 0.717) is 0 Å². The largest absolute Gasteiger partial charge is 0.464 e. The maximum absolute atomic E-state index is 12.5. The first-order chi connectivity index (χ1) is 13.3. The van der Waals surface area contributed by atoms with Gasteiger partial charge in [-0.05, 0) is 67.1 Å². The van der Waals surface area contributed by atoms with Gasteiger partial charge in [0, 0.05) is 10.9 Å². The summed E-state index contributed by atoms with van der Waals surface area (Å²) in [6.45, 7) is 1.85. The topological polar surface area (TPSA) is 102 Å². The van der Waals surface area contributed by atoms with E-state index in [1.165, 1.54) is 29.7 Å². The van der Waals surface area contributed by atoms with Gasteiger partial charge < -0.3 is 9.73 Å². The Morgan fingerprint density at radius 2 is 1.86 bits per heavy atom. The average Bonchev–Trinajstić information content (AvgIpc) is 3.25. The van der Waals surface area contributed by atoms with Gasteiger partial charge in [0.25, 0.3) is 0 Å². The van der Waals surface area contributed by atoms with Gasteiger partial charge in [-0.25, -0.2) is 13.6 Å². The standard InChI is InChI=1S/C21H22N2O4S/c1-13(14-5-7-18(8-6-14)28(22,25)26)23-21(24)11-17-12-27-20-10-16-4-2-3-15(16)9-19(17)20/h5-10,12-13H,2-4,11H2,1H3,(H,23,24)(H2,22,25,26). The molecule has 6 nitrogen and oxygen atoms in total. The number of nitrogens with two attached hydrogens (primary N) is 1.